The third-order valence-corrected chi connectivity index (χ3v) is 5.48. The molecule has 0 saturated heterocycles. The Labute approximate surface area is 195 Å². The molecular formula is C30H27NO2. The highest BCUT2D eigenvalue weighted by atomic mass is 16.3. The molecule has 4 rings (SSSR count). The highest BCUT2D eigenvalue weighted by molar-refractivity contribution is 6.07. The van der Waals surface area contributed by atoms with Crippen LogP contribution in [0.4, 0.5) is 0 Å². The number of carbonyl (C=O) groups excluding carboxylic acids is 1. The number of ketones is 1. The predicted molar refractivity (Wildman–Crippen MR) is 134 cm³/mol. The first kappa shape index (κ1) is 22.3. The minimum Gasteiger partial charge on any atom is -0.508 e. The second kappa shape index (κ2) is 11.1. The molecule has 164 valence electrons. The van der Waals surface area contributed by atoms with E-state index in [1.165, 1.54) is 11.1 Å². The van der Waals surface area contributed by atoms with Crippen LogP contribution in [0.1, 0.15) is 32.6 Å². The van der Waals surface area contributed by atoms with Crippen molar-refractivity contribution in [2.45, 2.75) is 19.6 Å². The molecule has 3 heteroatoms. The van der Waals surface area contributed by atoms with Crippen LogP contribution in [0.15, 0.2) is 115 Å². The molecule has 0 aliphatic carbocycles. The standard InChI is InChI=1S/C30H27NO2/c32-29(18-16-24-10-4-1-5-11-24)27-17-19-30(33)28(20-27)23-31(21-25-12-6-2-7-13-25)22-26-14-8-3-9-15-26/h1-20,33H,21-23H2/b18-16+. The van der Waals surface area contributed by atoms with Gasteiger partial charge in [-0.3, -0.25) is 9.69 Å². The van der Waals surface area contributed by atoms with Crippen LogP contribution in [0.3, 0.4) is 0 Å². The van der Waals surface area contributed by atoms with E-state index in [-0.39, 0.29) is 11.5 Å². The molecule has 4 aromatic carbocycles. The van der Waals surface area contributed by atoms with Crippen LogP contribution in [0.5, 0.6) is 5.75 Å². The fraction of sp³-hybridized carbons (Fsp3) is 0.100. The molecule has 4 aromatic rings. The molecule has 0 saturated carbocycles. The highest BCUT2D eigenvalue weighted by Gasteiger charge is 2.13. The van der Waals surface area contributed by atoms with Crippen LogP contribution in [-0.2, 0) is 19.6 Å². The Bertz CT molecular complexity index is 1160. The number of phenolic OH excluding ortho intramolecular Hbond substituents is 1. The number of benzene rings is 4. The summed E-state index contributed by atoms with van der Waals surface area (Å²) in [6.45, 7) is 2.00. The first-order chi connectivity index (χ1) is 16.2. The second-order valence-electron chi connectivity index (χ2n) is 8.07. The Hall–Kier alpha value is -3.95. The van der Waals surface area contributed by atoms with E-state index in [9.17, 15) is 9.90 Å². The zero-order valence-corrected chi connectivity index (χ0v) is 18.5. The minimum absolute atomic E-state index is 0.0854. The number of hydrogen-bond acceptors (Lipinski definition) is 3. The lowest BCUT2D eigenvalue weighted by Gasteiger charge is -2.23. The van der Waals surface area contributed by atoms with Crippen LogP contribution in [0.2, 0.25) is 0 Å². The normalized spacial score (nSPS) is 11.2. The lowest BCUT2D eigenvalue weighted by molar-refractivity contribution is 0.104. The maximum atomic E-state index is 12.8. The quantitative estimate of drug-likeness (QED) is 0.242. The average molecular weight is 434 g/mol. The van der Waals surface area contributed by atoms with Crippen LogP contribution >= 0.6 is 0 Å². The summed E-state index contributed by atoms with van der Waals surface area (Å²) in [6, 6.07) is 35.4. The van der Waals surface area contributed by atoms with Gasteiger partial charge in [0.05, 0.1) is 0 Å². The van der Waals surface area contributed by atoms with Gasteiger partial charge < -0.3 is 5.11 Å². The van der Waals surface area contributed by atoms with E-state index in [0.717, 1.165) is 24.2 Å². The molecule has 0 aliphatic rings. The van der Waals surface area contributed by atoms with Crippen molar-refractivity contribution in [3.8, 4) is 5.75 Å². The maximum absolute atomic E-state index is 12.8. The van der Waals surface area contributed by atoms with Crippen molar-refractivity contribution in [1.29, 1.82) is 0 Å². The summed E-state index contributed by atoms with van der Waals surface area (Å²) < 4.78 is 0. The largest absolute Gasteiger partial charge is 0.508 e. The Morgan fingerprint density at radius 3 is 1.82 bits per heavy atom. The Morgan fingerprint density at radius 1 is 0.697 bits per heavy atom. The first-order valence-electron chi connectivity index (χ1n) is 11.1. The number of nitrogens with zero attached hydrogens (tertiary/aromatic N) is 1. The summed E-state index contributed by atoms with van der Waals surface area (Å²) in [5.41, 5.74) is 4.67. The fourth-order valence-electron chi connectivity index (χ4n) is 3.79. The molecule has 0 aliphatic heterocycles. The Kier molecular flexibility index (Phi) is 7.47. The lowest BCUT2D eigenvalue weighted by atomic mass is 10.0. The molecule has 0 aromatic heterocycles. The van der Waals surface area contributed by atoms with E-state index in [4.69, 9.17) is 0 Å². The monoisotopic (exact) mass is 433 g/mol. The van der Waals surface area contributed by atoms with Gasteiger partial charge in [0.25, 0.3) is 0 Å². The molecule has 0 radical (unpaired) electrons. The molecule has 0 atom stereocenters. The van der Waals surface area contributed by atoms with Gasteiger partial charge in [-0.05, 0) is 41.0 Å². The zero-order valence-electron chi connectivity index (χ0n) is 18.5. The van der Waals surface area contributed by atoms with Crippen LogP contribution in [0, 0.1) is 0 Å². The molecule has 0 heterocycles. The van der Waals surface area contributed by atoms with Crippen LogP contribution in [-0.4, -0.2) is 15.8 Å². The molecular weight excluding hydrogens is 406 g/mol. The van der Waals surface area contributed by atoms with Gasteiger partial charge >= 0.3 is 0 Å². The molecule has 1 N–H and O–H groups in total. The molecule has 0 unspecified atom stereocenters. The van der Waals surface area contributed by atoms with Crippen molar-refractivity contribution in [1.82, 2.24) is 4.90 Å². The molecule has 0 amide bonds. The number of phenols is 1. The van der Waals surface area contributed by atoms with Gasteiger partial charge in [-0.2, -0.15) is 0 Å². The van der Waals surface area contributed by atoms with Crippen molar-refractivity contribution < 1.29 is 9.90 Å². The van der Waals surface area contributed by atoms with E-state index in [2.05, 4.69) is 29.2 Å². The summed E-state index contributed by atoms with van der Waals surface area (Å²) in [7, 11) is 0. The number of rotatable bonds is 9. The van der Waals surface area contributed by atoms with Gasteiger partial charge in [0.15, 0.2) is 5.78 Å². The SMILES string of the molecule is O=C(/C=C/c1ccccc1)c1ccc(O)c(CN(Cc2ccccc2)Cc2ccccc2)c1. The lowest BCUT2D eigenvalue weighted by Crippen LogP contribution is -2.22. The number of carbonyl (C=O) groups is 1. The average Bonchev–Trinajstić information content (AvgIpc) is 2.86. The second-order valence-corrected chi connectivity index (χ2v) is 8.07. The third kappa shape index (κ3) is 6.52. The van der Waals surface area contributed by atoms with E-state index < -0.39 is 0 Å². The summed E-state index contributed by atoms with van der Waals surface area (Å²) in [6.07, 6.45) is 3.39. The topological polar surface area (TPSA) is 40.5 Å². The van der Waals surface area contributed by atoms with Crippen molar-refractivity contribution in [2.24, 2.45) is 0 Å². The summed E-state index contributed by atoms with van der Waals surface area (Å²) in [5, 5.41) is 10.5. The van der Waals surface area contributed by atoms with Gasteiger partial charge in [-0.15, -0.1) is 0 Å². The van der Waals surface area contributed by atoms with Crippen molar-refractivity contribution >= 4 is 11.9 Å². The maximum Gasteiger partial charge on any atom is 0.185 e. The molecule has 3 nitrogen and oxygen atoms in total. The Morgan fingerprint density at radius 2 is 1.24 bits per heavy atom. The predicted octanol–water partition coefficient (Wildman–Crippen LogP) is 6.49. The smallest absolute Gasteiger partial charge is 0.185 e. The van der Waals surface area contributed by atoms with Crippen molar-refractivity contribution in [3.63, 3.8) is 0 Å². The fourth-order valence-corrected chi connectivity index (χ4v) is 3.79. The summed E-state index contributed by atoms with van der Waals surface area (Å²) in [4.78, 5) is 15.0. The van der Waals surface area contributed by atoms with E-state index in [0.29, 0.717) is 12.1 Å². The van der Waals surface area contributed by atoms with Gasteiger partial charge in [-0.25, -0.2) is 0 Å². The molecule has 33 heavy (non-hydrogen) atoms. The molecule has 0 fully saturated rings. The third-order valence-electron chi connectivity index (χ3n) is 5.48. The minimum atomic E-state index is -0.0854. The van der Waals surface area contributed by atoms with Gasteiger partial charge in [-0.1, -0.05) is 97.1 Å². The zero-order chi connectivity index (χ0) is 22.9. The van der Waals surface area contributed by atoms with E-state index in [1.54, 1.807) is 24.3 Å². The van der Waals surface area contributed by atoms with Gasteiger partial charge in [0.2, 0.25) is 0 Å². The number of aromatic hydroxyl groups is 1. The highest BCUT2D eigenvalue weighted by Crippen LogP contribution is 2.23. The number of hydrogen-bond donors (Lipinski definition) is 1. The number of allylic oxidation sites excluding steroid dienone is 1. The summed E-state index contributed by atoms with van der Waals surface area (Å²) in [5.74, 6) is 0.113. The van der Waals surface area contributed by atoms with Crippen molar-refractivity contribution in [2.75, 3.05) is 0 Å². The Balaban J connectivity index is 1.54. The van der Waals surface area contributed by atoms with Gasteiger partial charge in [0.1, 0.15) is 5.75 Å². The summed E-state index contributed by atoms with van der Waals surface area (Å²) >= 11 is 0. The molecule has 0 spiro atoms. The van der Waals surface area contributed by atoms with Crippen molar-refractivity contribution in [3.05, 3.63) is 143 Å². The molecule has 0 bridgehead atoms. The van der Waals surface area contributed by atoms with E-state index in [1.807, 2.05) is 72.8 Å². The van der Waals surface area contributed by atoms with E-state index >= 15 is 0 Å². The van der Waals surface area contributed by atoms with Crippen LogP contribution in [0.25, 0.3) is 6.08 Å². The first-order valence-corrected chi connectivity index (χ1v) is 11.1. The van der Waals surface area contributed by atoms with Gasteiger partial charge in [0, 0.05) is 30.8 Å². The van der Waals surface area contributed by atoms with Crippen LogP contribution < -0.4 is 0 Å².